The van der Waals surface area contributed by atoms with Crippen LogP contribution in [0, 0.1) is 5.92 Å². The van der Waals surface area contributed by atoms with Crippen molar-refractivity contribution in [3.8, 4) is 5.75 Å². The van der Waals surface area contributed by atoms with Crippen LogP contribution in [-0.4, -0.2) is 17.9 Å². The molecule has 2 rings (SSSR count). The van der Waals surface area contributed by atoms with E-state index in [-0.39, 0.29) is 11.8 Å². The summed E-state index contributed by atoms with van der Waals surface area (Å²) in [5.41, 5.74) is 2.52. The average Bonchev–Trinajstić information content (AvgIpc) is 2.62. The summed E-state index contributed by atoms with van der Waals surface area (Å²) in [6.07, 6.45) is -0.154. The van der Waals surface area contributed by atoms with E-state index in [2.05, 4.69) is 24.5 Å². The molecule has 0 heterocycles. The van der Waals surface area contributed by atoms with Gasteiger partial charge < -0.3 is 15.4 Å². The van der Waals surface area contributed by atoms with Crippen molar-refractivity contribution in [3.05, 3.63) is 54.1 Å². The van der Waals surface area contributed by atoms with Gasteiger partial charge in [-0.3, -0.25) is 9.59 Å². The molecule has 0 aliphatic carbocycles. The Labute approximate surface area is 167 Å². The van der Waals surface area contributed by atoms with Gasteiger partial charge in [-0.2, -0.15) is 0 Å². The van der Waals surface area contributed by atoms with E-state index in [0.29, 0.717) is 35.4 Å². The Morgan fingerprint density at radius 3 is 2.07 bits per heavy atom. The molecule has 0 aliphatic rings. The molecule has 0 saturated heterocycles. The van der Waals surface area contributed by atoms with Gasteiger partial charge in [0.05, 0.1) is 0 Å². The monoisotopic (exact) mass is 382 g/mol. The van der Waals surface area contributed by atoms with E-state index in [4.69, 9.17) is 4.74 Å². The Kier molecular flexibility index (Phi) is 7.61. The molecular formula is C23H30N2O3. The summed E-state index contributed by atoms with van der Waals surface area (Å²) >= 11 is 0. The maximum atomic E-state index is 12.4. The lowest BCUT2D eigenvalue weighted by Gasteiger charge is -2.16. The zero-order valence-corrected chi connectivity index (χ0v) is 17.3. The van der Waals surface area contributed by atoms with Crippen molar-refractivity contribution in [1.82, 2.24) is 0 Å². The SMILES string of the molecule is CC(C)CC(=O)Nc1ccc(NC(=O)C(C)Oc2cccc(C(C)C)c2)cc1. The van der Waals surface area contributed by atoms with Crippen LogP contribution in [0.5, 0.6) is 5.75 Å². The number of carbonyl (C=O) groups is 2. The number of hydrogen-bond acceptors (Lipinski definition) is 3. The second kappa shape index (κ2) is 9.93. The zero-order chi connectivity index (χ0) is 20.7. The first kappa shape index (κ1) is 21.5. The van der Waals surface area contributed by atoms with E-state index >= 15 is 0 Å². The molecule has 5 nitrogen and oxygen atoms in total. The molecule has 5 heteroatoms. The van der Waals surface area contributed by atoms with Crippen LogP contribution in [0.1, 0.15) is 52.5 Å². The highest BCUT2D eigenvalue weighted by Crippen LogP contribution is 2.21. The van der Waals surface area contributed by atoms with Crippen LogP contribution in [-0.2, 0) is 9.59 Å². The minimum absolute atomic E-state index is 0.0163. The van der Waals surface area contributed by atoms with Crippen molar-refractivity contribution in [3.63, 3.8) is 0 Å². The van der Waals surface area contributed by atoms with Crippen molar-refractivity contribution in [2.75, 3.05) is 10.6 Å². The molecule has 150 valence electrons. The molecule has 0 aliphatic heterocycles. The van der Waals surface area contributed by atoms with Gasteiger partial charge in [0, 0.05) is 17.8 Å². The van der Waals surface area contributed by atoms with Gasteiger partial charge in [-0.05, 0) is 60.7 Å². The highest BCUT2D eigenvalue weighted by atomic mass is 16.5. The fourth-order valence-electron chi connectivity index (χ4n) is 2.67. The van der Waals surface area contributed by atoms with Gasteiger partial charge in [-0.15, -0.1) is 0 Å². The Morgan fingerprint density at radius 2 is 1.50 bits per heavy atom. The molecule has 1 unspecified atom stereocenters. The van der Waals surface area contributed by atoms with E-state index in [0.717, 1.165) is 0 Å². The lowest BCUT2D eigenvalue weighted by molar-refractivity contribution is -0.122. The summed E-state index contributed by atoms with van der Waals surface area (Å²) in [6, 6.07) is 14.8. The summed E-state index contributed by atoms with van der Waals surface area (Å²) in [7, 11) is 0. The Hall–Kier alpha value is -2.82. The zero-order valence-electron chi connectivity index (χ0n) is 17.3. The number of nitrogens with one attached hydrogen (secondary N) is 2. The Balaban J connectivity index is 1.91. The van der Waals surface area contributed by atoms with Crippen molar-refractivity contribution < 1.29 is 14.3 Å². The second-order valence-electron chi connectivity index (χ2n) is 7.70. The van der Waals surface area contributed by atoms with Crippen LogP contribution in [0.15, 0.2) is 48.5 Å². The summed E-state index contributed by atoms with van der Waals surface area (Å²) in [6.45, 7) is 9.95. The van der Waals surface area contributed by atoms with Crippen molar-refractivity contribution >= 4 is 23.2 Å². The van der Waals surface area contributed by atoms with Crippen LogP contribution in [0.3, 0.4) is 0 Å². The van der Waals surface area contributed by atoms with Gasteiger partial charge in [0.2, 0.25) is 5.91 Å². The fraction of sp³-hybridized carbons (Fsp3) is 0.391. The smallest absolute Gasteiger partial charge is 0.265 e. The van der Waals surface area contributed by atoms with Gasteiger partial charge in [-0.1, -0.05) is 39.8 Å². The van der Waals surface area contributed by atoms with Crippen LogP contribution in [0.25, 0.3) is 0 Å². The highest BCUT2D eigenvalue weighted by Gasteiger charge is 2.15. The molecule has 0 bridgehead atoms. The van der Waals surface area contributed by atoms with Crippen LogP contribution in [0.4, 0.5) is 11.4 Å². The van der Waals surface area contributed by atoms with E-state index in [1.807, 2.05) is 38.1 Å². The van der Waals surface area contributed by atoms with Crippen LogP contribution < -0.4 is 15.4 Å². The average molecular weight is 383 g/mol. The molecular weight excluding hydrogens is 352 g/mol. The normalized spacial score (nSPS) is 12.0. The van der Waals surface area contributed by atoms with Crippen LogP contribution >= 0.6 is 0 Å². The molecule has 0 aromatic heterocycles. The van der Waals surface area contributed by atoms with E-state index in [1.54, 1.807) is 31.2 Å². The van der Waals surface area contributed by atoms with Gasteiger partial charge in [0.25, 0.3) is 5.91 Å². The first-order chi connectivity index (χ1) is 13.2. The number of anilines is 2. The molecule has 0 spiro atoms. The summed E-state index contributed by atoms with van der Waals surface area (Å²) in [4.78, 5) is 24.2. The van der Waals surface area contributed by atoms with Gasteiger partial charge in [0.1, 0.15) is 5.75 Å². The Bertz CT molecular complexity index is 798. The molecule has 2 aromatic carbocycles. The van der Waals surface area contributed by atoms with E-state index < -0.39 is 6.10 Å². The maximum absolute atomic E-state index is 12.4. The van der Waals surface area contributed by atoms with E-state index in [1.165, 1.54) is 5.56 Å². The van der Waals surface area contributed by atoms with Crippen molar-refractivity contribution in [2.24, 2.45) is 5.92 Å². The lowest BCUT2D eigenvalue weighted by atomic mass is 10.0. The topological polar surface area (TPSA) is 67.4 Å². The third-order valence-electron chi connectivity index (χ3n) is 4.24. The molecule has 0 radical (unpaired) electrons. The standard InChI is InChI=1S/C23H30N2O3/c1-15(2)13-22(26)24-19-9-11-20(12-10-19)25-23(27)17(5)28-21-8-6-7-18(14-21)16(3)4/h6-12,14-17H,13H2,1-5H3,(H,24,26)(H,25,27). The fourth-order valence-corrected chi connectivity index (χ4v) is 2.67. The second-order valence-corrected chi connectivity index (χ2v) is 7.70. The number of benzene rings is 2. The Morgan fingerprint density at radius 1 is 0.893 bits per heavy atom. The predicted octanol–water partition coefficient (Wildman–Crippen LogP) is 5.20. The van der Waals surface area contributed by atoms with Crippen molar-refractivity contribution in [1.29, 1.82) is 0 Å². The summed E-state index contributed by atoms with van der Waals surface area (Å²) in [5, 5.41) is 5.68. The quantitative estimate of drug-likeness (QED) is 0.659. The first-order valence-electron chi connectivity index (χ1n) is 9.72. The number of rotatable bonds is 8. The minimum Gasteiger partial charge on any atom is -0.481 e. The largest absolute Gasteiger partial charge is 0.481 e. The highest BCUT2D eigenvalue weighted by molar-refractivity contribution is 5.95. The number of hydrogen-bond donors (Lipinski definition) is 2. The summed E-state index contributed by atoms with van der Waals surface area (Å²) in [5.74, 6) is 1.13. The van der Waals surface area contributed by atoms with Gasteiger partial charge in [0.15, 0.2) is 6.10 Å². The third-order valence-corrected chi connectivity index (χ3v) is 4.24. The number of carbonyl (C=O) groups excluding carboxylic acids is 2. The predicted molar refractivity (Wildman–Crippen MR) is 114 cm³/mol. The molecule has 2 N–H and O–H groups in total. The van der Waals surface area contributed by atoms with Gasteiger partial charge in [-0.25, -0.2) is 0 Å². The molecule has 2 aromatic rings. The van der Waals surface area contributed by atoms with Crippen molar-refractivity contribution in [2.45, 2.75) is 53.1 Å². The van der Waals surface area contributed by atoms with Crippen LogP contribution in [0.2, 0.25) is 0 Å². The molecule has 2 amide bonds. The minimum atomic E-state index is -0.632. The van der Waals surface area contributed by atoms with E-state index in [9.17, 15) is 9.59 Å². The maximum Gasteiger partial charge on any atom is 0.265 e. The first-order valence-corrected chi connectivity index (χ1v) is 9.72. The summed E-state index contributed by atoms with van der Waals surface area (Å²) < 4.78 is 5.78. The lowest BCUT2D eigenvalue weighted by Crippen LogP contribution is -2.30. The van der Waals surface area contributed by atoms with Gasteiger partial charge >= 0.3 is 0 Å². The third kappa shape index (κ3) is 6.72. The number of ether oxygens (including phenoxy) is 1. The number of amides is 2. The molecule has 1 atom stereocenters. The molecule has 0 saturated carbocycles. The molecule has 0 fully saturated rings. The molecule has 28 heavy (non-hydrogen) atoms.